The second kappa shape index (κ2) is 9.52. The Balaban J connectivity index is 1.33. The molecule has 30 heavy (non-hydrogen) atoms. The van der Waals surface area contributed by atoms with Gasteiger partial charge in [0.05, 0.1) is 12.7 Å². The van der Waals surface area contributed by atoms with Crippen molar-refractivity contribution in [2.75, 3.05) is 33.3 Å². The van der Waals surface area contributed by atoms with Crippen molar-refractivity contribution in [2.24, 2.45) is 0 Å². The Morgan fingerprint density at radius 1 is 1.00 bits per heavy atom. The van der Waals surface area contributed by atoms with E-state index >= 15 is 0 Å². The smallest absolute Gasteiger partial charge is 0.257 e. The minimum Gasteiger partial charge on any atom is -0.496 e. The molecule has 2 fully saturated rings. The van der Waals surface area contributed by atoms with Crippen molar-refractivity contribution in [3.8, 4) is 11.5 Å². The van der Waals surface area contributed by atoms with Gasteiger partial charge in [-0.15, -0.1) is 0 Å². The largest absolute Gasteiger partial charge is 0.496 e. The molecular formula is C25H32N2O3. The van der Waals surface area contributed by atoms with Gasteiger partial charge in [-0.2, -0.15) is 0 Å². The van der Waals surface area contributed by atoms with Gasteiger partial charge in [0, 0.05) is 32.7 Å². The van der Waals surface area contributed by atoms with Gasteiger partial charge in [0.25, 0.3) is 5.91 Å². The van der Waals surface area contributed by atoms with E-state index in [0.29, 0.717) is 5.56 Å². The molecule has 0 atom stereocenters. The molecule has 0 radical (unpaired) electrons. The molecule has 2 aliphatic rings. The lowest BCUT2D eigenvalue weighted by Gasteiger charge is -2.32. The zero-order valence-electron chi connectivity index (χ0n) is 18.1. The van der Waals surface area contributed by atoms with Crippen LogP contribution in [0.15, 0.2) is 42.5 Å². The molecule has 2 aromatic carbocycles. The first-order chi connectivity index (χ1) is 14.6. The Morgan fingerprint density at radius 2 is 1.73 bits per heavy atom. The number of benzene rings is 2. The molecule has 2 heterocycles. The van der Waals surface area contributed by atoms with Gasteiger partial charge in [-0.25, -0.2) is 0 Å². The zero-order chi connectivity index (χ0) is 20.9. The molecule has 2 saturated heterocycles. The summed E-state index contributed by atoms with van der Waals surface area (Å²) in [4.78, 5) is 17.3. The summed E-state index contributed by atoms with van der Waals surface area (Å²) >= 11 is 0. The molecule has 0 N–H and O–H groups in total. The third-order valence-electron chi connectivity index (χ3n) is 6.20. The second-order valence-corrected chi connectivity index (χ2v) is 8.39. The molecule has 4 rings (SSSR count). The molecule has 0 unspecified atom stereocenters. The number of carbonyl (C=O) groups excluding carboxylic acids is 1. The Morgan fingerprint density at radius 3 is 2.43 bits per heavy atom. The monoisotopic (exact) mass is 408 g/mol. The van der Waals surface area contributed by atoms with Crippen molar-refractivity contribution < 1.29 is 14.3 Å². The van der Waals surface area contributed by atoms with Crippen molar-refractivity contribution in [1.29, 1.82) is 0 Å². The summed E-state index contributed by atoms with van der Waals surface area (Å²) < 4.78 is 11.7. The van der Waals surface area contributed by atoms with Crippen LogP contribution in [-0.2, 0) is 6.54 Å². The summed E-state index contributed by atoms with van der Waals surface area (Å²) in [7, 11) is 1.71. The number of carbonyl (C=O) groups is 1. The van der Waals surface area contributed by atoms with Crippen LogP contribution in [0.3, 0.4) is 0 Å². The highest BCUT2D eigenvalue weighted by Crippen LogP contribution is 2.26. The number of nitrogens with zero attached hydrogens (tertiary/aromatic N) is 2. The second-order valence-electron chi connectivity index (χ2n) is 8.39. The summed E-state index contributed by atoms with van der Waals surface area (Å²) in [5.41, 5.74) is 3.19. The molecule has 5 nitrogen and oxygen atoms in total. The predicted octanol–water partition coefficient (Wildman–Crippen LogP) is 4.28. The molecule has 0 aliphatic carbocycles. The molecule has 160 valence electrons. The van der Waals surface area contributed by atoms with Crippen LogP contribution in [0, 0.1) is 6.92 Å². The maximum absolute atomic E-state index is 12.9. The molecule has 1 amide bonds. The van der Waals surface area contributed by atoms with Gasteiger partial charge in [-0.3, -0.25) is 9.69 Å². The van der Waals surface area contributed by atoms with Gasteiger partial charge < -0.3 is 14.4 Å². The number of amides is 1. The molecule has 0 saturated carbocycles. The number of aryl methyl sites for hydroxylation is 1. The first-order valence-corrected chi connectivity index (χ1v) is 11.0. The fourth-order valence-electron chi connectivity index (χ4n) is 4.50. The summed E-state index contributed by atoms with van der Waals surface area (Å²) in [6.45, 7) is 6.74. The Labute approximate surface area is 179 Å². The van der Waals surface area contributed by atoms with Gasteiger partial charge in [0.2, 0.25) is 0 Å². The summed E-state index contributed by atoms with van der Waals surface area (Å²) in [5.74, 6) is 1.78. The number of likely N-dealkylation sites (tertiary alicyclic amines) is 2. The number of para-hydroxylation sites is 1. The third-order valence-corrected chi connectivity index (χ3v) is 6.20. The van der Waals surface area contributed by atoms with Crippen molar-refractivity contribution in [3.63, 3.8) is 0 Å². The van der Waals surface area contributed by atoms with Gasteiger partial charge in [0.1, 0.15) is 17.6 Å². The normalized spacial score (nSPS) is 17.9. The molecule has 2 aliphatic heterocycles. The van der Waals surface area contributed by atoms with E-state index in [0.717, 1.165) is 69.9 Å². The molecule has 5 heteroatoms. The lowest BCUT2D eigenvalue weighted by Crippen LogP contribution is -2.38. The number of hydrogen-bond acceptors (Lipinski definition) is 4. The molecular weight excluding hydrogens is 376 g/mol. The van der Waals surface area contributed by atoms with Gasteiger partial charge in [0.15, 0.2) is 0 Å². The van der Waals surface area contributed by atoms with Crippen molar-refractivity contribution in [3.05, 3.63) is 59.2 Å². The minimum atomic E-state index is 0.107. The Bertz CT molecular complexity index is 868. The van der Waals surface area contributed by atoms with E-state index in [-0.39, 0.29) is 12.0 Å². The van der Waals surface area contributed by atoms with Crippen LogP contribution in [0.4, 0.5) is 0 Å². The van der Waals surface area contributed by atoms with Crippen LogP contribution >= 0.6 is 0 Å². The average Bonchev–Trinajstić information content (AvgIpc) is 3.30. The van der Waals surface area contributed by atoms with E-state index in [1.165, 1.54) is 11.1 Å². The average molecular weight is 409 g/mol. The fraction of sp³-hybridized carbons (Fsp3) is 0.480. The maximum Gasteiger partial charge on any atom is 0.257 e. The van der Waals surface area contributed by atoms with Crippen LogP contribution in [0.5, 0.6) is 11.5 Å². The Hall–Kier alpha value is -2.53. The lowest BCUT2D eigenvalue weighted by atomic mass is 10.1. The molecule has 0 aromatic heterocycles. The fourth-order valence-corrected chi connectivity index (χ4v) is 4.50. The highest BCUT2D eigenvalue weighted by atomic mass is 16.5. The SMILES string of the molecule is COc1ccc(CN2CCC(Oc3ccccc3C(=O)N3CCCC3)CC2)cc1C. The number of hydrogen-bond donors (Lipinski definition) is 0. The van der Waals surface area contributed by atoms with Crippen molar-refractivity contribution in [1.82, 2.24) is 9.80 Å². The zero-order valence-corrected chi connectivity index (χ0v) is 18.1. The van der Waals surface area contributed by atoms with E-state index in [1.807, 2.05) is 29.2 Å². The van der Waals surface area contributed by atoms with E-state index in [9.17, 15) is 4.79 Å². The Kier molecular flexibility index (Phi) is 6.58. The molecule has 0 spiro atoms. The quantitative estimate of drug-likeness (QED) is 0.715. The van der Waals surface area contributed by atoms with E-state index < -0.39 is 0 Å². The van der Waals surface area contributed by atoms with Crippen molar-refractivity contribution >= 4 is 5.91 Å². The van der Waals surface area contributed by atoms with Crippen LogP contribution in [0.2, 0.25) is 0 Å². The number of rotatable bonds is 6. The first-order valence-electron chi connectivity index (χ1n) is 11.0. The predicted molar refractivity (Wildman–Crippen MR) is 118 cm³/mol. The van der Waals surface area contributed by atoms with Crippen molar-refractivity contribution in [2.45, 2.75) is 45.3 Å². The summed E-state index contributed by atoms with van der Waals surface area (Å²) in [5, 5.41) is 0. The van der Waals surface area contributed by atoms with E-state index in [4.69, 9.17) is 9.47 Å². The molecule has 2 aromatic rings. The number of piperidine rings is 1. The van der Waals surface area contributed by atoms with Crippen LogP contribution in [0.25, 0.3) is 0 Å². The van der Waals surface area contributed by atoms with Gasteiger partial charge in [-0.1, -0.05) is 24.3 Å². The van der Waals surface area contributed by atoms with Gasteiger partial charge in [-0.05, 0) is 61.9 Å². The number of methoxy groups -OCH3 is 1. The summed E-state index contributed by atoms with van der Waals surface area (Å²) in [6.07, 6.45) is 4.30. The minimum absolute atomic E-state index is 0.107. The van der Waals surface area contributed by atoms with E-state index in [2.05, 4.69) is 30.0 Å². The van der Waals surface area contributed by atoms with Crippen LogP contribution < -0.4 is 9.47 Å². The highest BCUT2D eigenvalue weighted by Gasteiger charge is 2.25. The lowest BCUT2D eigenvalue weighted by molar-refractivity contribution is 0.0765. The van der Waals surface area contributed by atoms with Crippen LogP contribution in [0.1, 0.15) is 47.2 Å². The standard InChI is InChI=1S/C25H32N2O3/c1-19-17-20(9-10-23(19)29-2)18-26-15-11-21(12-16-26)30-24-8-4-3-7-22(24)25(28)27-13-5-6-14-27/h3-4,7-10,17,21H,5-6,11-16,18H2,1-2H3. The highest BCUT2D eigenvalue weighted by molar-refractivity contribution is 5.97. The maximum atomic E-state index is 12.9. The molecule has 0 bridgehead atoms. The number of ether oxygens (including phenoxy) is 2. The third kappa shape index (κ3) is 4.78. The summed E-state index contributed by atoms with van der Waals surface area (Å²) in [6, 6.07) is 14.1. The first kappa shape index (κ1) is 20.7. The topological polar surface area (TPSA) is 42.0 Å². The van der Waals surface area contributed by atoms with E-state index in [1.54, 1.807) is 7.11 Å². The van der Waals surface area contributed by atoms with Gasteiger partial charge >= 0.3 is 0 Å². The van der Waals surface area contributed by atoms with Crippen LogP contribution in [-0.4, -0.2) is 55.1 Å².